The van der Waals surface area contributed by atoms with Gasteiger partial charge in [0.2, 0.25) is 5.91 Å². The van der Waals surface area contributed by atoms with Crippen LogP contribution in [0.25, 0.3) is 6.08 Å². The Labute approximate surface area is 234 Å². The lowest BCUT2D eigenvalue weighted by Crippen LogP contribution is -2.30. The van der Waals surface area contributed by atoms with Gasteiger partial charge in [0.25, 0.3) is 5.91 Å². The first kappa shape index (κ1) is 30.1. The molecule has 1 aliphatic heterocycles. The van der Waals surface area contributed by atoms with E-state index in [0.717, 1.165) is 11.1 Å². The maximum absolute atomic E-state index is 13.4. The van der Waals surface area contributed by atoms with Crippen molar-refractivity contribution in [3.8, 4) is 5.75 Å². The quantitative estimate of drug-likeness (QED) is 0.248. The molecule has 40 heavy (non-hydrogen) atoms. The maximum Gasteiger partial charge on any atom is 0.354 e. The summed E-state index contributed by atoms with van der Waals surface area (Å²) in [7, 11) is 2.76. The van der Waals surface area contributed by atoms with Gasteiger partial charge in [-0.2, -0.15) is 0 Å². The molecule has 1 aliphatic rings. The zero-order valence-corrected chi connectivity index (χ0v) is 24.0. The van der Waals surface area contributed by atoms with Gasteiger partial charge in [0.1, 0.15) is 17.3 Å². The molecule has 10 nitrogen and oxygen atoms in total. The minimum Gasteiger partial charge on any atom is -0.493 e. The third-order valence-corrected chi connectivity index (χ3v) is 6.44. The van der Waals surface area contributed by atoms with Crippen LogP contribution in [0.2, 0.25) is 0 Å². The van der Waals surface area contributed by atoms with E-state index in [1.807, 2.05) is 27.7 Å². The Morgan fingerprint density at radius 3 is 2.40 bits per heavy atom. The molecule has 3 N–H and O–H groups in total. The number of ketones is 1. The van der Waals surface area contributed by atoms with Gasteiger partial charge in [-0.1, -0.05) is 32.9 Å². The van der Waals surface area contributed by atoms with E-state index in [-0.39, 0.29) is 29.8 Å². The van der Waals surface area contributed by atoms with Crippen molar-refractivity contribution in [2.75, 3.05) is 27.3 Å². The number of hydrogen-bond acceptors (Lipinski definition) is 7. The highest BCUT2D eigenvalue weighted by Gasteiger charge is 2.30. The van der Waals surface area contributed by atoms with E-state index in [1.165, 1.54) is 27.2 Å². The van der Waals surface area contributed by atoms with E-state index in [2.05, 4.69) is 10.6 Å². The number of nitrogens with one attached hydrogen (secondary N) is 3. The van der Waals surface area contributed by atoms with Crippen molar-refractivity contribution in [1.29, 1.82) is 5.41 Å². The number of amidine groups is 1. The molecule has 0 aliphatic carbocycles. The van der Waals surface area contributed by atoms with Crippen molar-refractivity contribution in [2.45, 2.75) is 46.6 Å². The first-order valence-corrected chi connectivity index (χ1v) is 12.9. The smallest absolute Gasteiger partial charge is 0.354 e. The minimum atomic E-state index is -0.686. The lowest BCUT2D eigenvalue weighted by molar-refractivity contribution is -0.137. The lowest BCUT2D eigenvalue weighted by Gasteiger charge is -2.24. The van der Waals surface area contributed by atoms with Gasteiger partial charge in [-0.25, -0.2) is 4.79 Å². The van der Waals surface area contributed by atoms with Crippen molar-refractivity contribution in [3.05, 3.63) is 69.4 Å². The zero-order valence-electron chi connectivity index (χ0n) is 24.0. The highest BCUT2D eigenvalue weighted by molar-refractivity contribution is 6.07. The van der Waals surface area contributed by atoms with Gasteiger partial charge >= 0.3 is 5.97 Å². The SMILES string of the molecule is CCOc1cc2c(cc1C(=O)NC)C(=N)N(CC(=O)c1ccc(C=C(NC(C)=O)C(=O)OC)c(C(C)(C)C)c1)C2. The Morgan fingerprint density at radius 1 is 1.12 bits per heavy atom. The Balaban J connectivity index is 1.92. The molecule has 0 saturated heterocycles. The first-order valence-electron chi connectivity index (χ1n) is 12.9. The summed E-state index contributed by atoms with van der Waals surface area (Å²) in [5.74, 6) is -1.01. The summed E-state index contributed by atoms with van der Waals surface area (Å²) in [6, 6.07) is 8.57. The number of benzene rings is 2. The molecule has 2 aromatic rings. The first-order chi connectivity index (χ1) is 18.8. The number of amides is 2. The number of hydrogen-bond donors (Lipinski definition) is 3. The number of Topliss-reactive ketones (excluding diaryl/α,β-unsaturated/α-hetero) is 1. The number of methoxy groups -OCH3 is 1. The summed E-state index contributed by atoms with van der Waals surface area (Å²) in [4.78, 5) is 51.3. The van der Waals surface area contributed by atoms with E-state index in [9.17, 15) is 19.2 Å². The van der Waals surface area contributed by atoms with Crippen molar-refractivity contribution < 1.29 is 28.7 Å². The number of esters is 1. The van der Waals surface area contributed by atoms with Crippen LogP contribution in [-0.2, 0) is 26.3 Å². The molecule has 10 heteroatoms. The summed E-state index contributed by atoms with van der Waals surface area (Å²) in [5, 5.41) is 13.8. The van der Waals surface area contributed by atoms with E-state index < -0.39 is 17.3 Å². The second kappa shape index (κ2) is 12.1. The van der Waals surface area contributed by atoms with Gasteiger partial charge in [0.05, 0.1) is 25.8 Å². The van der Waals surface area contributed by atoms with Crippen molar-refractivity contribution >= 4 is 35.5 Å². The molecule has 3 rings (SSSR count). The van der Waals surface area contributed by atoms with Crippen LogP contribution in [-0.4, -0.2) is 61.6 Å². The summed E-state index contributed by atoms with van der Waals surface area (Å²) in [6.07, 6.45) is 1.54. The molecular weight excluding hydrogens is 512 g/mol. The molecule has 212 valence electrons. The van der Waals surface area contributed by atoms with Crippen molar-refractivity contribution in [3.63, 3.8) is 0 Å². The predicted molar refractivity (Wildman–Crippen MR) is 152 cm³/mol. The highest BCUT2D eigenvalue weighted by atomic mass is 16.5. The summed E-state index contributed by atoms with van der Waals surface area (Å²) >= 11 is 0. The lowest BCUT2D eigenvalue weighted by atomic mass is 9.82. The summed E-state index contributed by atoms with van der Waals surface area (Å²) in [5.41, 5.74) is 3.21. The molecule has 0 bridgehead atoms. The molecule has 0 fully saturated rings. The second-order valence-electron chi connectivity index (χ2n) is 10.4. The third-order valence-electron chi connectivity index (χ3n) is 6.44. The van der Waals surface area contributed by atoms with Gasteiger partial charge in [-0.3, -0.25) is 19.8 Å². The number of carbonyl (C=O) groups is 4. The van der Waals surface area contributed by atoms with Crippen LogP contribution < -0.4 is 15.4 Å². The maximum atomic E-state index is 13.4. The third kappa shape index (κ3) is 6.56. The van der Waals surface area contributed by atoms with Gasteiger partial charge in [0, 0.05) is 31.6 Å². The largest absolute Gasteiger partial charge is 0.493 e. The number of fused-ring (bicyclic) bond motifs is 1. The summed E-state index contributed by atoms with van der Waals surface area (Å²) < 4.78 is 10.5. The highest BCUT2D eigenvalue weighted by Crippen LogP contribution is 2.32. The zero-order chi connectivity index (χ0) is 29.8. The second-order valence-corrected chi connectivity index (χ2v) is 10.4. The minimum absolute atomic E-state index is 0.00889. The van der Waals surface area contributed by atoms with Crippen LogP contribution in [0.4, 0.5) is 0 Å². The number of carbonyl (C=O) groups excluding carboxylic acids is 4. The Morgan fingerprint density at radius 2 is 1.82 bits per heavy atom. The molecule has 2 amide bonds. The molecule has 0 atom stereocenters. The fraction of sp³-hybridized carbons (Fsp3) is 0.367. The molecule has 2 aromatic carbocycles. The predicted octanol–water partition coefficient (Wildman–Crippen LogP) is 3.42. The van der Waals surface area contributed by atoms with Crippen molar-refractivity contribution in [2.24, 2.45) is 0 Å². The van der Waals surface area contributed by atoms with Gasteiger partial charge in [-0.05, 0) is 53.3 Å². The van der Waals surface area contributed by atoms with E-state index in [1.54, 1.807) is 35.2 Å². The van der Waals surface area contributed by atoms with E-state index in [0.29, 0.717) is 41.2 Å². The van der Waals surface area contributed by atoms with Gasteiger partial charge < -0.3 is 25.0 Å². The number of ether oxygens (including phenoxy) is 2. The normalized spacial score (nSPS) is 13.0. The number of nitrogens with zero attached hydrogens (tertiary/aromatic N) is 1. The fourth-order valence-electron chi connectivity index (χ4n) is 4.52. The standard InChI is InChI=1S/C30H36N4O6/c1-8-40-26-13-20-15-34(27(31)21(20)14-22(26)28(37)32-6)16-25(36)19-10-9-18(23(11-19)30(3,4)5)12-24(29(38)39-7)33-17(2)35/h9-14,31H,8,15-16H2,1-7H3,(H,32,37)(H,33,35). The van der Waals surface area contributed by atoms with Crippen LogP contribution in [0.15, 0.2) is 36.0 Å². The molecule has 0 aromatic heterocycles. The molecule has 0 spiro atoms. The molecule has 0 saturated carbocycles. The molecular formula is C30H36N4O6. The molecule has 0 radical (unpaired) electrons. The molecule has 0 unspecified atom stereocenters. The van der Waals surface area contributed by atoms with Gasteiger partial charge in [0.15, 0.2) is 5.78 Å². The average Bonchev–Trinajstić information content (AvgIpc) is 3.19. The Hall–Kier alpha value is -4.47. The average molecular weight is 549 g/mol. The van der Waals surface area contributed by atoms with Crippen LogP contribution in [0.1, 0.15) is 77.6 Å². The summed E-state index contributed by atoms with van der Waals surface area (Å²) in [6.45, 7) is 9.76. The van der Waals surface area contributed by atoms with E-state index >= 15 is 0 Å². The topological polar surface area (TPSA) is 138 Å². The Kier molecular flexibility index (Phi) is 9.13. The Bertz CT molecular complexity index is 1400. The van der Waals surface area contributed by atoms with Crippen LogP contribution in [0, 0.1) is 5.41 Å². The van der Waals surface area contributed by atoms with Crippen LogP contribution in [0.5, 0.6) is 5.75 Å². The van der Waals surface area contributed by atoms with E-state index in [4.69, 9.17) is 14.9 Å². The number of rotatable bonds is 9. The van der Waals surface area contributed by atoms with Crippen LogP contribution >= 0.6 is 0 Å². The van der Waals surface area contributed by atoms with Gasteiger partial charge in [-0.15, -0.1) is 0 Å². The monoisotopic (exact) mass is 548 g/mol. The fourth-order valence-corrected chi connectivity index (χ4v) is 4.52. The van der Waals surface area contributed by atoms with Crippen molar-refractivity contribution in [1.82, 2.24) is 15.5 Å². The van der Waals surface area contributed by atoms with Crippen LogP contribution in [0.3, 0.4) is 0 Å². The molecule has 1 heterocycles.